The number of aromatic nitrogens is 3. The minimum Gasteiger partial charge on any atom is -1.00 e. The van der Waals surface area contributed by atoms with Crippen molar-refractivity contribution >= 4 is 169 Å². The predicted molar refractivity (Wildman–Crippen MR) is 402 cm³/mol. The van der Waals surface area contributed by atoms with Gasteiger partial charge in [-0.25, -0.2) is 24.5 Å². The number of carboxylic acids is 1. The molecule has 0 amide bonds. The van der Waals surface area contributed by atoms with Crippen molar-refractivity contribution in [3.8, 4) is 51.6 Å². The number of ether oxygens (including phenoxy) is 4. The Labute approximate surface area is 742 Å². The van der Waals surface area contributed by atoms with E-state index >= 15 is 0 Å². The summed E-state index contributed by atoms with van der Waals surface area (Å²) in [6.45, 7) is 4.03. The molecule has 0 bridgehead atoms. The van der Waals surface area contributed by atoms with Crippen LogP contribution in [0.15, 0.2) is 240 Å². The molecule has 0 aliphatic rings. The van der Waals surface area contributed by atoms with Crippen molar-refractivity contribution in [1.29, 1.82) is 0 Å². The third kappa shape index (κ3) is 28.2. The Morgan fingerprint density at radius 3 is 1.19 bits per heavy atom. The Hall–Kier alpha value is -4.18. The molecular formula is C72H67Br7K2LiN3O16. The minimum absolute atomic E-state index is 0. The molecule has 3 unspecified atom stereocenters. The first-order chi connectivity index (χ1) is 44.9. The van der Waals surface area contributed by atoms with Crippen LogP contribution in [0.2, 0.25) is 0 Å². The van der Waals surface area contributed by atoms with Gasteiger partial charge in [-0.3, -0.25) is 9.59 Å². The van der Waals surface area contributed by atoms with Gasteiger partial charge < -0.3 is 59.5 Å². The summed E-state index contributed by atoms with van der Waals surface area (Å²) in [5.74, 6) is 0.340. The van der Waals surface area contributed by atoms with Crippen LogP contribution in [0.1, 0.15) is 78.7 Å². The number of phenolic OH excluding ortho intramolecular Hbond substituents is 1. The SMILES string of the molecule is C.C.C.C.CCOC(=O)C(Br)c1cccc(Br)c1.CCOC(=O)C(Oc1ccc(Br)cc1-c1nc2ccccc2o1)c1cccc(Br)c1.O=C(O)C(Oc1ccc(Br)cc1-c1nc2ccccc2o1)c1cccc(Br)c1.O=CO[O-].Oc1ccc(Br)cc1-c1nc2ccccc2o1.[H-].[K+].[K+].[Li+].[OH-]. The van der Waals surface area contributed by atoms with Gasteiger partial charge in [0.05, 0.1) is 29.9 Å². The summed E-state index contributed by atoms with van der Waals surface area (Å²) in [5.41, 5.74) is 8.12. The molecule has 0 saturated heterocycles. The number of aromatic hydroxyl groups is 1. The van der Waals surface area contributed by atoms with Crippen molar-refractivity contribution in [3.05, 3.63) is 244 Å². The molecule has 12 rings (SSSR count). The maximum atomic E-state index is 12.7. The number of phenols is 1. The second-order valence-corrected chi connectivity index (χ2v) is 25.4. The van der Waals surface area contributed by atoms with Gasteiger partial charge in [0, 0.05) is 38.0 Å². The molecule has 0 saturated carbocycles. The number of hydrogen-bond acceptors (Lipinski definition) is 18. The summed E-state index contributed by atoms with van der Waals surface area (Å²) in [7, 11) is 0. The molecule has 3 atom stereocenters. The summed E-state index contributed by atoms with van der Waals surface area (Å²) >= 11 is 23.7. The Bertz CT molecular complexity index is 4480. The second-order valence-electron chi connectivity index (χ2n) is 19.0. The smallest absolute Gasteiger partial charge is 1.00 e. The molecule has 0 radical (unpaired) electrons. The largest absolute Gasteiger partial charge is 1.00 e. The number of halogens is 7. The average Bonchev–Trinajstić information content (AvgIpc) is 1.78. The monoisotopic (exact) mass is 1870 g/mol. The van der Waals surface area contributed by atoms with Gasteiger partial charge in [0.25, 0.3) is 6.47 Å². The molecule has 0 fully saturated rings. The van der Waals surface area contributed by atoms with Crippen LogP contribution < -0.4 is 136 Å². The number of rotatable bonds is 16. The topological polar surface area (TPSA) is 286 Å². The molecule has 9 aromatic carbocycles. The Kier molecular flexibility index (Phi) is 46.8. The van der Waals surface area contributed by atoms with E-state index in [1.54, 1.807) is 74.5 Å². The Balaban J connectivity index is 0. The number of fused-ring (bicyclic) bond motifs is 3. The second kappa shape index (κ2) is 48.8. The number of esters is 2. The maximum Gasteiger partial charge on any atom is 1.00 e. The van der Waals surface area contributed by atoms with Crippen molar-refractivity contribution in [1.82, 2.24) is 15.0 Å². The normalized spacial score (nSPS) is 10.6. The molecule has 101 heavy (non-hydrogen) atoms. The third-order valence-corrected chi connectivity index (χ3v) is 16.5. The van der Waals surface area contributed by atoms with Crippen LogP contribution in [-0.4, -0.2) is 68.2 Å². The fourth-order valence-corrected chi connectivity index (χ4v) is 11.3. The van der Waals surface area contributed by atoms with Gasteiger partial charge in [-0.15, -0.1) is 0 Å². The molecule has 3 heterocycles. The number of carbonyl (C=O) groups excluding carboxylic acids is 3. The number of nitrogens with zero attached hydrogens (tertiary/aromatic N) is 3. The van der Waals surface area contributed by atoms with Crippen molar-refractivity contribution in [2.24, 2.45) is 0 Å². The van der Waals surface area contributed by atoms with Crippen LogP contribution in [-0.2, 0) is 33.5 Å². The van der Waals surface area contributed by atoms with E-state index in [-0.39, 0.29) is 188 Å². The van der Waals surface area contributed by atoms with Crippen molar-refractivity contribution in [3.63, 3.8) is 0 Å². The number of hydrogen-bond donors (Lipinski definition) is 2. The van der Waals surface area contributed by atoms with Gasteiger partial charge >= 0.3 is 140 Å². The number of aliphatic carboxylic acids is 1. The molecule has 0 aliphatic heterocycles. The minimum atomic E-state index is -1.18. The third-order valence-electron chi connectivity index (χ3n) is 12.6. The van der Waals surface area contributed by atoms with E-state index in [0.717, 1.165) is 43.4 Å². The fraction of sp³-hybridized carbons (Fsp3) is 0.153. The summed E-state index contributed by atoms with van der Waals surface area (Å²) < 4.78 is 44.7. The molecule has 12 aromatic rings. The molecule has 0 aliphatic carbocycles. The first-order valence-electron chi connectivity index (χ1n) is 27.5. The molecule has 3 aromatic heterocycles. The number of para-hydroxylation sites is 6. The molecular weight excluding hydrogens is 1810 g/mol. The Morgan fingerprint density at radius 2 is 0.812 bits per heavy atom. The first kappa shape index (κ1) is 96.8. The summed E-state index contributed by atoms with van der Waals surface area (Å²) in [5, 5.41) is 27.9. The van der Waals surface area contributed by atoms with E-state index in [9.17, 15) is 24.6 Å². The number of benzene rings is 9. The molecule has 19 nitrogen and oxygen atoms in total. The van der Waals surface area contributed by atoms with Crippen LogP contribution in [0.25, 0.3) is 67.7 Å². The van der Waals surface area contributed by atoms with Crippen molar-refractivity contribution in [2.75, 3.05) is 13.2 Å². The fourth-order valence-electron chi connectivity index (χ4n) is 8.53. The summed E-state index contributed by atoms with van der Waals surface area (Å²) in [6.07, 6.45) is -2.12. The quantitative estimate of drug-likeness (QED) is 0.0227. The zero-order valence-corrected chi connectivity index (χ0v) is 69.3. The van der Waals surface area contributed by atoms with Gasteiger partial charge in [0.15, 0.2) is 16.7 Å². The van der Waals surface area contributed by atoms with Gasteiger partial charge in [-0.05, 0) is 147 Å². The van der Waals surface area contributed by atoms with Crippen LogP contribution in [0.3, 0.4) is 0 Å². The van der Waals surface area contributed by atoms with Crippen LogP contribution >= 0.6 is 112 Å². The van der Waals surface area contributed by atoms with E-state index in [1.807, 2.05) is 140 Å². The molecule has 0 spiro atoms. The van der Waals surface area contributed by atoms with Crippen LogP contribution in [0.4, 0.5) is 0 Å². The van der Waals surface area contributed by atoms with E-state index < -0.39 is 24.1 Å². The molecule has 29 heteroatoms. The first-order valence-corrected chi connectivity index (χ1v) is 33.2. The van der Waals surface area contributed by atoms with Crippen molar-refractivity contribution in [2.45, 2.75) is 60.6 Å². The van der Waals surface area contributed by atoms with Crippen LogP contribution in [0.5, 0.6) is 17.2 Å². The average molecular weight is 1870 g/mol. The van der Waals surface area contributed by atoms with E-state index in [0.29, 0.717) is 85.9 Å². The predicted octanol–water partition coefficient (Wildman–Crippen LogP) is 12.3. The van der Waals surface area contributed by atoms with E-state index in [1.165, 1.54) is 0 Å². The van der Waals surface area contributed by atoms with Gasteiger partial charge in [-0.2, -0.15) is 0 Å². The summed E-state index contributed by atoms with van der Waals surface area (Å²) in [6, 6.07) is 60.3. The standard InChI is InChI=1S/C23H17Br2NO4.C21H13Br2NO4.C13H8BrNO2.C10H10Br2O2.CH2O3.4CH4.2K.Li.H2O.H/c1-2-28-23(27)21(14-6-5-7-15(24)12-14)29-19-11-10-16(25)13-17(19)22-26-18-8-3-4-9-20(18)30-22;22-13-5-3-4-12(10-13)19(21(25)26)27-17-9-8-14(23)11-15(17)20-24-16-6-1-2-7-18(16)28-20;14-8-5-6-11(16)9(7-8)13-15-10-3-1-2-4-12(10)17-13;1-2-14-10(13)9(12)7-4-3-5-8(11)6-7;2-1-4-3;;;;;;;;;/h3-13,21H,2H2,1H3;1-11,19H,(H,25,26);1-7,16H;3-6,9H,2H2,1H3;1,3H;4*1H4;;;;1H2;/q;;;;;;;;;3*+1;;-1/p-2. The zero-order chi connectivity index (χ0) is 66.6. The number of carbonyl (C=O) groups is 4. The molecule has 3 N–H and O–H groups in total. The van der Waals surface area contributed by atoms with Gasteiger partial charge in [-0.1, -0.05) is 214 Å². The van der Waals surface area contributed by atoms with Crippen molar-refractivity contribution < 1.29 is 200 Å². The zero-order valence-electron chi connectivity index (χ0n) is 52.9. The number of alkyl halides is 1. The number of carboxylic acid groups (broad SMARTS) is 1. The van der Waals surface area contributed by atoms with E-state index in [4.69, 9.17) is 42.3 Å². The summed E-state index contributed by atoms with van der Waals surface area (Å²) in [4.78, 5) is 60.2. The molecule has 518 valence electrons. The number of oxazole rings is 3. The van der Waals surface area contributed by atoms with Crippen LogP contribution in [0, 0.1) is 0 Å². The maximum absolute atomic E-state index is 12.7. The Morgan fingerprint density at radius 1 is 0.485 bits per heavy atom. The van der Waals surface area contributed by atoms with Gasteiger partial charge in [0.1, 0.15) is 38.6 Å². The van der Waals surface area contributed by atoms with Gasteiger partial charge in [0.2, 0.25) is 29.9 Å². The van der Waals surface area contributed by atoms with E-state index in [2.05, 4.69) is 131 Å².